The van der Waals surface area contributed by atoms with Crippen LogP contribution in [0.2, 0.25) is 5.02 Å². The maximum atomic E-state index is 13.1. The maximum Gasteiger partial charge on any atom is 0.255 e. The SMILES string of the molecule is NCCOc1cccc(NC(=O)c2ccc(F)c(Cl)c2)c1. The van der Waals surface area contributed by atoms with Gasteiger partial charge in [-0.25, -0.2) is 4.39 Å². The van der Waals surface area contributed by atoms with Gasteiger partial charge in [-0.05, 0) is 30.3 Å². The Bertz CT molecular complexity index is 649. The van der Waals surface area contributed by atoms with Gasteiger partial charge in [0.05, 0.1) is 5.02 Å². The van der Waals surface area contributed by atoms with Crippen LogP contribution in [0.4, 0.5) is 10.1 Å². The average molecular weight is 309 g/mol. The summed E-state index contributed by atoms with van der Waals surface area (Å²) in [6, 6.07) is 10.7. The Morgan fingerprint density at radius 2 is 2.10 bits per heavy atom. The molecule has 0 radical (unpaired) electrons. The lowest BCUT2D eigenvalue weighted by Gasteiger charge is -2.09. The van der Waals surface area contributed by atoms with Crippen molar-refractivity contribution in [1.82, 2.24) is 0 Å². The smallest absolute Gasteiger partial charge is 0.255 e. The topological polar surface area (TPSA) is 64.3 Å². The molecule has 2 rings (SSSR count). The normalized spacial score (nSPS) is 10.2. The van der Waals surface area contributed by atoms with E-state index < -0.39 is 5.82 Å². The number of hydrogen-bond donors (Lipinski definition) is 2. The van der Waals surface area contributed by atoms with Crippen LogP contribution in [-0.4, -0.2) is 19.1 Å². The molecule has 0 unspecified atom stereocenters. The van der Waals surface area contributed by atoms with Crippen LogP contribution in [-0.2, 0) is 0 Å². The fourth-order valence-electron chi connectivity index (χ4n) is 1.68. The second kappa shape index (κ2) is 7.06. The van der Waals surface area contributed by atoms with E-state index in [2.05, 4.69) is 5.32 Å². The van der Waals surface area contributed by atoms with Crippen molar-refractivity contribution in [2.45, 2.75) is 0 Å². The molecule has 0 bridgehead atoms. The summed E-state index contributed by atoms with van der Waals surface area (Å²) in [7, 11) is 0. The second-order valence-electron chi connectivity index (χ2n) is 4.25. The number of amides is 1. The Morgan fingerprint density at radius 1 is 1.29 bits per heavy atom. The van der Waals surface area contributed by atoms with Gasteiger partial charge in [0, 0.05) is 23.9 Å². The Balaban J connectivity index is 2.10. The van der Waals surface area contributed by atoms with Crippen molar-refractivity contribution < 1.29 is 13.9 Å². The molecule has 0 heterocycles. The van der Waals surface area contributed by atoms with Gasteiger partial charge < -0.3 is 15.8 Å². The minimum Gasteiger partial charge on any atom is -0.492 e. The number of halogens is 2. The van der Waals surface area contributed by atoms with Crippen LogP contribution < -0.4 is 15.8 Å². The molecule has 0 saturated heterocycles. The van der Waals surface area contributed by atoms with E-state index in [9.17, 15) is 9.18 Å². The molecule has 3 N–H and O–H groups in total. The summed E-state index contributed by atoms with van der Waals surface area (Å²) in [5.74, 6) is -0.339. The predicted octanol–water partition coefficient (Wildman–Crippen LogP) is 3.07. The standard InChI is InChI=1S/C15H14ClFN2O2/c16-13-8-10(4-5-14(13)17)15(20)19-11-2-1-3-12(9-11)21-7-6-18/h1-5,8-9H,6-7,18H2,(H,19,20). The molecule has 21 heavy (non-hydrogen) atoms. The predicted molar refractivity (Wildman–Crippen MR) is 80.4 cm³/mol. The zero-order chi connectivity index (χ0) is 15.2. The van der Waals surface area contributed by atoms with E-state index in [0.717, 1.165) is 6.07 Å². The van der Waals surface area contributed by atoms with Gasteiger partial charge in [0.2, 0.25) is 0 Å². The molecule has 0 spiro atoms. The molecule has 2 aromatic rings. The van der Waals surface area contributed by atoms with Crippen molar-refractivity contribution in [2.75, 3.05) is 18.5 Å². The lowest BCUT2D eigenvalue weighted by atomic mass is 10.2. The molecule has 6 heteroatoms. The number of hydrogen-bond acceptors (Lipinski definition) is 3. The summed E-state index contributed by atoms with van der Waals surface area (Å²) in [4.78, 5) is 12.0. The minimum atomic E-state index is -0.564. The summed E-state index contributed by atoms with van der Waals surface area (Å²) >= 11 is 5.66. The number of carbonyl (C=O) groups is 1. The molecule has 1 amide bonds. The number of carbonyl (C=O) groups excluding carboxylic acids is 1. The number of nitrogens with two attached hydrogens (primary N) is 1. The third-order valence-corrected chi connectivity index (χ3v) is 2.95. The van der Waals surface area contributed by atoms with E-state index in [1.165, 1.54) is 12.1 Å². The Hall–Kier alpha value is -2.11. The zero-order valence-electron chi connectivity index (χ0n) is 11.1. The van der Waals surface area contributed by atoms with Gasteiger partial charge in [0.25, 0.3) is 5.91 Å². The van der Waals surface area contributed by atoms with Crippen molar-refractivity contribution in [1.29, 1.82) is 0 Å². The van der Waals surface area contributed by atoms with Gasteiger partial charge in [-0.15, -0.1) is 0 Å². The van der Waals surface area contributed by atoms with Crippen molar-refractivity contribution in [3.63, 3.8) is 0 Å². The summed E-state index contributed by atoms with van der Waals surface area (Å²) in [6.45, 7) is 0.801. The number of benzene rings is 2. The van der Waals surface area contributed by atoms with E-state index in [1.54, 1.807) is 24.3 Å². The number of rotatable bonds is 5. The minimum absolute atomic E-state index is 0.0947. The zero-order valence-corrected chi connectivity index (χ0v) is 11.9. The van der Waals surface area contributed by atoms with Crippen LogP contribution in [0.1, 0.15) is 10.4 Å². The third kappa shape index (κ3) is 4.18. The molecule has 0 aliphatic heterocycles. The number of ether oxygens (including phenoxy) is 1. The molecule has 110 valence electrons. The van der Waals surface area contributed by atoms with Crippen LogP contribution in [0.5, 0.6) is 5.75 Å². The molecule has 4 nitrogen and oxygen atoms in total. The van der Waals surface area contributed by atoms with Crippen molar-refractivity contribution in [2.24, 2.45) is 5.73 Å². The second-order valence-corrected chi connectivity index (χ2v) is 4.66. The highest BCUT2D eigenvalue weighted by Crippen LogP contribution is 2.20. The lowest BCUT2D eigenvalue weighted by molar-refractivity contribution is 0.102. The molecular weight excluding hydrogens is 295 g/mol. The van der Waals surface area contributed by atoms with Crippen molar-refractivity contribution >= 4 is 23.2 Å². The Kier molecular flexibility index (Phi) is 5.14. The quantitative estimate of drug-likeness (QED) is 0.892. The fraction of sp³-hybridized carbons (Fsp3) is 0.133. The molecule has 0 aliphatic carbocycles. The Labute approximate surface area is 126 Å². The van der Waals surface area contributed by atoms with Gasteiger partial charge >= 0.3 is 0 Å². The average Bonchev–Trinajstić information content (AvgIpc) is 2.48. The van der Waals surface area contributed by atoms with E-state index in [-0.39, 0.29) is 16.5 Å². The van der Waals surface area contributed by atoms with Crippen molar-refractivity contribution in [3.05, 3.63) is 58.9 Å². The first-order chi connectivity index (χ1) is 10.1. The summed E-state index contributed by atoms with van der Waals surface area (Å²) < 4.78 is 18.4. The van der Waals surface area contributed by atoms with Crippen LogP contribution in [0, 0.1) is 5.82 Å². The van der Waals surface area contributed by atoms with Crippen LogP contribution >= 0.6 is 11.6 Å². The molecule has 0 aliphatic rings. The lowest BCUT2D eigenvalue weighted by Crippen LogP contribution is -2.13. The molecule has 2 aromatic carbocycles. The van der Waals surface area contributed by atoms with E-state index in [0.29, 0.717) is 24.6 Å². The number of nitrogens with one attached hydrogen (secondary N) is 1. The third-order valence-electron chi connectivity index (χ3n) is 2.66. The van der Waals surface area contributed by atoms with Gasteiger partial charge in [-0.2, -0.15) is 0 Å². The molecule has 0 fully saturated rings. The molecule has 0 atom stereocenters. The largest absolute Gasteiger partial charge is 0.492 e. The maximum absolute atomic E-state index is 13.1. The monoisotopic (exact) mass is 308 g/mol. The Morgan fingerprint density at radius 3 is 2.81 bits per heavy atom. The number of anilines is 1. The fourth-order valence-corrected chi connectivity index (χ4v) is 1.86. The van der Waals surface area contributed by atoms with Gasteiger partial charge in [-0.1, -0.05) is 17.7 Å². The summed E-state index contributed by atoms with van der Waals surface area (Å²) in [5, 5.41) is 2.60. The first-order valence-electron chi connectivity index (χ1n) is 6.29. The first-order valence-corrected chi connectivity index (χ1v) is 6.67. The van der Waals surface area contributed by atoms with E-state index in [4.69, 9.17) is 22.1 Å². The van der Waals surface area contributed by atoms with Gasteiger partial charge in [0.15, 0.2) is 0 Å². The van der Waals surface area contributed by atoms with Gasteiger partial charge in [0.1, 0.15) is 18.2 Å². The van der Waals surface area contributed by atoms with E-state index in [1.807, 2.05) is 0 Å². The summed E-state index contributed by atoms with van der Waals surface area (Å²) in [5.41, 5.74) is 6.20. The first kappa shape index (κ1) is 15.3. The van der Waals surface area contributed by atoms with Crippen LogP contribution in [0.25, 0.3) is 0 Å². The van der Waals surface area contributed by atoms with Gasteiger partial charge in [-0.3, -0.25) is 4.79 Å². The summed E-state index contributed by atoms with van der Waals surface area (Å²) in [6.07, 6.45) is 0. The molecule has 0 aromatic heterocycles. The van der Waals surface area contributed by atoms with Crippen LogP contribution in [0.15, 0.2) is 42.5 Å². The highest BCUT2D eigenvalue weighted by molar-refractivity contribution is 6.31. The van der Waals surface area contributed by atoms with Crippen molar-refractivity contribution in [3.8, 4) is 5.75 Å². The molecule has 0 saturated carbocycles. The molecular formula is C15H14ClFN2O2. The van der Waals surface area contributed by atoms with E-state index >= 15 is 0 Å². The highest BCUT2D eigenvalue weighted by Gasteiger charge is 2.09. The highest BCUT2D eigenvalue weighted by atomic mass is 35.5. The van der Waals surface area contributed by atoms with Crippen LogP contribution in [0.3, 0.4) is 0 Å².